The van der Waals surface area contributed by atoms with Crippen molar-refractivity contribution in [3.05, 3.63) is 12.5 Å². The van der Waals surface area contributed by atoms with Crippen molar-refractivity contribution in [1.82, 2.24) is 20.2 Å². The summed E-state index contributed by atoms with van der Waals surface area (Å²) in [4.78, 5) is 10.7. The van der Waals surface area contributed by atoms with Crippen LogP contribution in [0.1, 0.15) is 26.7 Å². The highest BCUT2D eigenvalue weighted by Crippen LogP contribution is 2.23. The Balaban J connectivity index is 0.000000574. The van der Waals surface area contributed by atoms with E-state index in [2.05, 4.69) is 25.1 Å². The molecule has 1 fully saturated rings. The molecule has 0 radical (unpaired) electrons. The number of fused-ring (bicyclic) bond motifs is 1. The lowest BCUT2D eigenvalue weighted by Crippen LogP contribution is -2.40. The molecule has 0 unspecified atom stereocenters. The van der Waals surface area contributed by atoms with Gasteiger partial charge in [-0.2, -0.15) is 5.10 Å². The molecular weight excluding hydrogens is 228 g/mol. The monoisotopic (exact) mass is 248 g/mol. The lowest BCUT2D eigenvalue weighted by molar-refractivity contribution is 0.499. The molecule has 0 spiro atoms. The van der Waals surface area contributed by atoms with Crippen LogP contribution in [0, 0.1) is 0 Å². The SMILES string of the molecule is CC.NC1CCN(c2ncnc3[nH]ncc23)CC1. The quantitative estimate of drug-likeness (QED) is 0.795. The molecule has 3 heterocycles. The molecule has 1 aliphatic rings. The van der Waals surface area contributed by atoms with Gasteiger partial charge in [-0.1, -0.05) is 13.8 Å². The fourth-order valence-corrected chi connectivity index (χ4v) is 2.12. The minimum atomic E-state index is 0.331. The van der Waals surface area contributed by atoms with Gasteiger partial charge >= 0.3 is 0 Å². The summed E-state index contributed by atoms with van der Waals surface area (Å²) in [5, 5.41) is 7.83. The van der Waals surface area contributed by atoms with Gasteiger partial charge in [0.05, 0.1) is 11.6 Å². The lowest BCUT2D eigenvalue weighted by Gasteiger charge is -2.31. The van der Waals surface area contributed by atoms with Crippen molar-refractivity contribution in [3.8, 4) is 0 Å². The van der Waals surface area contributed by atoms with Crippen LogP contribution in [0.2, 0.25) is 0 Å². The average molecular weight is 248 g/mol. The summed E-state index contributed by atoms with van der Waals surface area (Å²) in [5.74, 6) is 0.964. The summed E-state index contributed by atoms with van der Waals surface area (Å²) in [5.41, 5.74) is 6.68. The molecule has 0 bridgehead atoms. The Hall–Kier alpha value is -1.69. The number of nitrogens with two attached hydrogens (primary N) is 1. The van der Waals surface area contributed by atoms with Crippen molar-refractivity contribution in [2.75, 3.05) is 18.0 Å². The van der Waals surface area contributed by atoms with Gasteiger partial charge in [0.2, 0.25) is 0 Å². The molecule has 1 aliphatic heterocycles. The van der Waals surface area contributed by atoms with E-state index in [0.717, 1.165) is 42.8 Å². The third kappa shape index (κ3) is 2.43. The van der Waals surface area contributed by atoms with Crippen LogP contribution in [0.25, 0.3) is 11.0 Å². The van der Waals surface area contributed by atoms with Gasteiger partial charge in [-0.25, -0.2) is 9.97 Å². The standard InChI is InChI=1S/C10H14N6.C2H6/c11-7-1-3-16(4-2-7)10-8-5-14-15-9(8)12-6-13-10;1-2/h5-7H,1-4,11H2,(H,12,13,14,15);1-2H3. The van der Waals surface area contributed by atoms with Crippen LogP contribution in [0.3, 0.4) is 0 Å². The molecule has 2 aromatic rings. The second kappa shape index (κ2) is 5.77. The Morgan fingerprint density at radius 3 is 2.72 bits per heavy atom. The predicted octanol–water partition coefficient (Wildman–Crippen LogP) is 1.31. The van der Waals surface area contributed by atoms with Gasteiger partial charge in [0.1, 0.15) is 12.1 Å². The number of H-pyrrole nitrogens is 1. The molecule has 2 aromatic heterocycles. The van der Waals surface area contributed by atoms with E-state index < -0.39 is 0 Å². The molecule has 3 rings (SSSR count). The van der Waals surface area contributed by atoms with Crippen LogP contribution < -0.4 is 10.6 Å². The van der Waals surface area contributed by atoms with E-state index in [0.29, 0.717) is 6.04 Å². The van der Waals surface area contributed by atoms with Crippen molar-refractivity contribution in [3.63, 3.8) is 0 Å². The maximum absolute atomic E-state index is 5.89. The van der Waals surface area contributed by atoms with Gasteiger partial charge in [-0.3, -0.25) is 5.10 Å². The molecule has 0 amide bonds. The van der Waals surface area contributed by atoms with Gasteiger partial charge in [0.15, 0.2) is 5.65 Å². The number of piperidine rings is 1. The first-order valence-electron chi connectivity index (χ1n) is 6.49. The second-order valence-electron chi connectivity index (χ2n) is 4.15. The van der Waals surface area contributed by atoms with Crippen LogP contribution in [0.4, 0.5) is 5.82 Å². The van der Waals surface area contributed by atoms with Crippen molar-refractivity contribution < 1.29 is 0 Å². The van der Waals surface area contributed by atoms with Gasteiger partial charge in [-0.15, -0.1) is 0 Å². The fraction of sp³-hybridized carbons (Fsp3) is 0.583. The van der Waals surface area contributed by atoms with Crippen molar-refractivity contribution in [1.29, 1.82) is 0 Å². The summed E-state index contributed by atoms with van der Waals surface area (Å²) in [7, 11) is 0. The normalized spacial score (nSPS) is 16.5. The first kappa shape index (κ1) is 12.8. The first-order chi connectivity index (χ1) is 8.84. The Kier molecular flexibility index (Phi) is 4.09. The minimum absolute atomic E-state index is 0.331. The van der Waals surface area contributed by atoms with Gasteiger partial charge in [0.25, 0.3) is 0 Å². The van der Waals surface area contributed by atoms with Crippen LogP contribution >= 0.6 is 0 Å². The van der Waals surface area contributed by atoms with Crippen LogP contribution in [-0.2, 0) is 0 Å². The number of nitrogens with one attached hydrogen (secondary N) is 1. The fourth-order valence-electron chi connectivity index (χ4n) is 2.12. The summed E-state index contributed by atoms with van der Waals surface area (Å²) >= 11 is 0. The zero-order chi connectivity index (χ0) is 13.0. The third-order valence-electron chi connectivity index (χ3n) is 3.07. The van der Waals surface area contributed by atoms with Gasteiger partial charge in [0, 0.05) is 19.1 Å². The Bertz CT molecular complexity index is 486. The summed E-state index contributed by atoms with van der Waals surface area (Å²) in [6.07, 6.45) is 5.39. The highest BCUT2D eigenvalue weighted by Gasteiger charge is 2.19. The van der Waals surface area contributed by atoms with Crippen LogP contribution in [0.15, 0.2) is 12.5 Å². The smallest absolute Gasteiger partial charge is 0.160 e. The molecule has 98 valence electrons. The summed E-state index contributed by atoms with van der Waals surface area (Å²) in [6, 6.07) is 0.331. The Morgan fingerprint density at radius 2 is 2.00 bits per heavy atom. The second-order valence-corrected chi connectivity index (χ2v) is 4.15. The first-order valence-corrected chi connectivity index (χ1v) is 6.49. The molecule has 1 saturated heterocycles. The highest BCUT2D eigenvalue weighted by atomic mass is 15.2. The van der Waals surface area contributed by atoms with Crippen molar-refractivity contribution in [2.24, 2.45) is 5.73 Å². The molecule has 3 N–H and O–H groups in total. The summed E-state index contributed by atoms with van der Waals surface area (Å²) < 4.78 is 0. The number of aromatic amines is 1. The molecule has 6 nitrogen and oxygen atoms in total. The van der Waals surface area contributed by atoms with E-state index in [9.17, 15) is 0 Å². The topological polar surface area (TPSA) is 83.7 Å². The van der Waals surface area contributed by atoms with Crippen LogP contribution in [-0.4, -0.2) is 39.3 Å². The number of aromatic nitrogens is 4. The summed E-state index contributed by atoms with van der Waals surface area (Å²) in [6.45, 7) is 5.91. The van der Waals surface area contributed by atoms with Gasteiger partial charge < -0.3 is 10.6 Å². The minimum Gasteiger partial charge on any atom is -0.356 e. The zero-order valence-electron chi connectivity index (χ0n) is 10.9. The lowest BCUT2D eigenvalue weighted by atomic mass is 10.1. The molecular formula is C12H20N6. The number of nitrogens with zero attached hydrogens (tertiary/aromatic N) is 4. The molecule has 18 heavy (non-hydrogen) atoms. The van der Waals surface area contributed by atoms with Crippen LogP contribution in [0.5, 0.6) is 0 Å². The molecule has 0 aromatic carbocycles. The van der Waals surface area contributed by atoms with Crippen molar-refractivity contribution in [2.45, 2.75) is 32.7 Å². The maximum Gasteiger partial charge on any atom is 0.160 e. The molecule has 0 atom stereocenters. The highest BCUT2D eigenvalue weighted by molar-refractivity contribution is 5.86. The maximum atomic E-state index is 5.89. The van der Waals surface area contributed by atoms with E-state index in [1.54, 1.807) is 12.5 Å². The van der Waals surface area contributed by atoms with Gasteiger partial charge in [-0.05, 0) is 12.8 Å². The average Bonchev–Trinajstić information content (AvgIpc) is 2.90. The molecule has 0 saturated carbocycles. The number of hydrogen-bond donors (Lipinski definition) is 2. The van der Waals surface area contributed by atoms with Crippen molar-refractivity contribution >= 4 is 16.9 Å². The Morgan fingerprint density at radius 1 is 1.28 bits per heavy atom. The predicted molar refractivity (Wildman–Crippen MR) is 72.5 cm³/mol. The van der Waals surface area contributed by atoms with E-state index in [-0.39, 0.29) is 0 Å². The number of rotatable bonds is 1. The molecule has 0 aliphatic carbocycles. The number of hydrogen-bond acceptors (Lipinski definition) is 5. The van der Waals surface area contributed by atoms with E-state index in [4.69, 9.17) is 5.73 Å². The third-order valence-corrected chi connectivity index (χ3v) is 3.07. The zero-order valence-corrected chi connectivity index (χ0v) is 10.9. The van der Waals surface area contributed by atoms with E-state index in [1.165, 1.54) is 0 Å². The number of anilines is 1. The Labute approximate surface area is 107 Å². The van der Waals surface area contributed by atoms with E-state index in [1.807, 2.05) is 13.8 Å². The van der Waals surface area contributed by atoms with E-state index >= 15 is 0 Å². The largest absolute Gasteiger partial charge is 0.356 e. The molecule has 6 heteroatoms.